The van der Waals surface area contributed by atoms with Gasteiger partial charge in [-0.15, -0.1) is 0 Å². The lowest BCUT2D eigenvalue weighted by atomic mass is 10.1. The van der Waals surface area contributed by atoms with Crippen LogP contribution in [0.15, 0.2) is 53.5 Å². The molecule has 28 heavy (non-hydrogen) atoms. The van der Waals surface area contributed by atoms with E-state index >= 15 is 0 Å². The molecule has 1 aromatic carbocycles. The molecule has 1 amide bonds. The van der Waals surface area contributed by atoms with Crippen LogP contribution < -0.4 is 10.9 Å². The number of likely N-dealkylation sites (tertiary alicyclic amines) is 1. The van der Waals surface area contributed by atoms with Crippen LogP contribution in [-0.4, -0.2) is 35.0 Å². The lowest BCUT2D eigenvalue weighted by molar-refractivity contribution is -0.139. The first-order chi connectivity index (χ1) is 13.4. The van der Waals surface area contributed by atoms with Crippen LogP contribution >= 0.6 is 0 Å². The van der Waals surface area contributed by atoms with Gasteiger partial charge in [0, 0.05) is 12.7 Å². The van der Waals surface area contributed by atoms with Crippen LogP contribution in [0.25, 0.3) is 0 Å². The summed E-state index contributed by atoms with van der Waals surface area (Å²) in [4.78, 5) is 26.6. The van der Waals surface area contributed by atoms with Gasteiger partial charge in [0.2, 0.25) is 5.91 Å². The van der Waals surface area contributed by atoms with E-state index in [-0.39, 0.29) is 6.04 Å². The highest BCUT2D eigenvalue weighted by Crippen LogP contribution is 2.26. The summed E-state index contributed by atoms with van der Waals surface area (Å²) in [5.41, 5.74) is -1.42. The van der Waals surface area contributed by atoms with Gasteiger partial charge in [0.05, 0.1) is 6.04 Å². The predicted molar refractivity (Wildman–Crippen MR) is 98.7 cm³/mol. The van der Waals surface area contributed by atoms with Gasteiger partial charge in [-0.1, -0.05) is 30.3 Å². The average Bonchev–Trinajstić information content (AvgIpc) is 3.18. The first-order valence-electron chi connectivity index (χ1n) is 9.18. The monoisotopic (exact) mass is 393 g/mol. The summed E-state index contributed by atoms with van der Waals surface area (Å²) >= 11 is 0. The van der Waals surface area contributed by atoms with Gasteiger partial charge >= 0.3 is 6.18 Å². The number of aromatic nitrogens is 1. The molecule has 1 atom stereocenters. The normalized spacial score (nSPS) is 16.1. The minimum atomic E-state index is -4.75. The molecule has 2 aromatic rings. The molecule has 0 aliphatic carbocycles. The third-order valence-electron chi connectivity index (χ3n) is 4.90. The molecule has 1 aliphatic heterocycles. The van der Waals surface area contributed by atoms with Crippen molar-refractivity contribution in [2.45, 2.75) is 31.6 Å². The molecular formula is C20H22F3N3O2. The van der Waals surface area contributed by atoms with Crippen molar-refractivity contribution in [2.24, 2.45) is 0 Å². The van der Waals surface area contributed by atoms with Crippen molar-refractivity contribution in [3.8, 4) is 0 Å². The molecule has 0 saturated carbocycles. The smallest absolute Gasteiger partial charge is 0.353 e. The minimum absolute atomic E-state index is 0.00844. The lowest BCUT2D eigenvalue weighted by Gasteiger charge is -2.28. The van der Waals surface area contributed by atoms with Crippen molar-refractivity contribution in [2.75, 3.05) is 19.6 Å². The van der Waals surface area contributed by atoms with Crippen LogP contribution in [0, 0.1) is 0 Å². The van der Waals surface area contributed by atoms with Crippen LogP contribution in [0.1, 0.15) is 30.0 Å². The number of halogens is 3. The van der Waals surface area contributed by atoms with E-state index in [1.807, 2.05) is 30.3 Å². The number of rotatable bonds is 6. The number of nitrogens with zero attached hydrogens (tertiary/aromatic N) is 2. The maximum Gasteiger partial charge on any atom is 0.421 e. The van der Waals surface area contributed by atoms with Gasteiger partial charge in [-0.25, -0.2) is 0 Å². The van der Waals surface area contributed by atoms with Crippen molar-refractivity contribution < 1.29 is 18.0 Å². The molecule has 0 spiro atoms. The van der Waals surface area contributed by atoms with Crippen molar-refractivity contribution in [1.29, 1.82) is 0 Å². The average molecular weight is 393 g/mol. The van der Waals surface area contributed by atoms with Crippen LogP contribution in [-0.2, 0) is 17.5 Å². The molecule has 8 heteroatoms. The summed E-state index contributed by atoms with van der Waals surface area (Å²) in [5.74, 6) is -0.499. The highest BCUT2D eigenvalue weighted by molar-refractivity contribution is 5.75. The number of carbonyl (C=O) groups is 1. The Labute approximate surface area is 160 Å². The van der Waals surface area contributed by atoms with Gasteiger partial charge < -0.3 is 9.88 Å². The molecule has 150 valence electrons. The van der Waals surface area contributed by atoms with E-state index in [9.17, 15) is 22.8 Å². The van der Waals surface area contributed by atoms with Crippen LogP contribution in [0.4, 0.5) is 13.2 Å². The summed E-state index contributed by atoms with van der Waals surface area (Å²) in [7, 11) is 0. The molecular weight excluding hydrogens is 371 g/mol. The number of hydrogen-bond donors (Lipinski definition) is 1. The molecule has 1 aromatic heterocycles. The van der Waals surface area contributed by atoms with E-state index in [4.69, 9.17) is 0 Å². The molecule has 0 radical (unpaired) electrons. The third kappa shape index (κ3) is 4.81. The van der Waals surface area contributed by atoms with Crippen molar-refractivity contribution in [1.82, 2.24) is 14.8 Å². The molecule has 2 heterocycles. The van der Waals surface area contributed by atoms with E-state index in [0.717, 1.165) is 48.2 Å². The fourth-order valence-corrected chi connectivity index (χ4v) is 3.48. The Hall–Kier alpha value is -2.61. The Morgan fingerprint density at radius 2 is 1.75 bits per heavy atom. The Balaban J connectivity index is 1.68. The summed E-state index contributed by atoms with van der Waals surface area (Å²) in [6, 6.07) is 11.6. The third-order valence-corrected chi connectivity index (χ3v) is 4.90. The number of benzene rings is 1. The first kappa shape index (κ1) is 20.1. The van der Waals surface area contributed by atoms with E-state index in [0.29, 0.717) is 6.54 Å². The second-order valence-corrected chi connectivity index (χ2v) is 6.83. The maximum absolute atomic E-state index is 12.9. The fraction of sp³-hybridized carbons (Fsp3) is 0.400. The Bertz CT molecular complexity index is 859. The van der Waals surface area contributed by atoms with E-state index in [1.54, 1.807) is 0 Å². The molecule has 1 N–H and O–H groups in total. The highest BCUT2D eigenvalue weighted by atomic mass is 19.4. The number of nitrogens with one attached hydrogen (secondary N) is 1. The summed E-state index contributed by atoms with van der Waals surface area (Å²) in [5, 5.41) is 2.77. The number of carbonyl (C=O) groups excluding carboxylic acids is 1. The van der Waals surface area contributed by atoms with Gasteiger partial charge in [-0.2, -0.15) is 13.2 Å². The molecule has 0 bridgehead atoms. The van der Waals surface area contributed by atoms with E-state index in [2.05, 4.69) is 10.2 Å². The fourth-order valence-electron chi connectivity index (χ4n) is 3.48. The van der Waals surface area contributed by atoms with Gasteiger partial charge in [0.1, 0.15) is 12.1 Å². The topological polar surface area (TPSA) is 54.3 Å². The van der Waals surface area contributed by atoms with Crippen molar-refractivity contribution in [3.05, 3.63) is 70.1 Å². The zero-order chi connectivity index (χ0) is 20.1. The summed E-state index contributed by atoms with van der Waals surface area (Å²) in [6.45, 7) is 1.74. The highest BCUT2D eigenvalue weighted by Gasteiger charge is 2.34. The lowest BCUT2D eigenvalue weighted by Crippen LogP contribution is -2.39. The van der Waals surface area contributed by atoms with E-state index in [1.165, 1.54) is 6.20 Å². The SMILES string of the molecule is O=C(Cn1cccc(C(F)(F)F)c1=O)NCC(c1ccccc1)N1CCCC1. The number of pyridine rings is 1. The Morgan fingerprint density at radius 3 is 2.39 bits per heavy atom. The Kier molecular flexibility index (Phi) is 6.18. The second kappa shape index (κ2) is 8.60. The molecule has 1 unspecified atom stereocenters. The number of amides is 1. The number of alkyl halides is 3. The van der Waals surface area contributed by atoms with E-state index < -0.39 is 29.8 Å². The van der Waals surface area contributed by atoms with Gasteiger partial charge in [0.15, 0.2) is 0 Å². The maximum atomic E-state index is 12.9. The quantitative estimate of drug-likeness (QED) is 0.821. The van der Waals surface area contributed by atoms with Crippen molar-refractivity contribution >= 4 is 5.91 Å². The summed E-state index contributed by atoms with van der Waals surface area (Å²) in [6.07, 6.45) is -1.37. The zero-order valence-electron chi connectivity index (χ0n) is 15.3. The zero-order valence-corrected chi connectivity index (χ0v) is 15.3. The predicted octanol–water partition coefficient (Wildman–Crippen LogP) is 2.82. The minimum Gasteiger partial charge on any atom is -0.353 e. The van der Waals surface area contributed by atoms with Crippen LogP contribution in [0.5, 0.6) is 0 Å². The molecule has 3 rings (SSSR count). The number of hydrogen-bond acceptors (Lipinski definition) is 3. The van der Waals surface area contributed by atoms with Gasteiger partial charge in [-0.05, 0) is 43.6 Å². The molecule has 1 fully saturated rings. The molecule has 1 aliphatic rings. The molecule has 1 saturated heterocycles. The largest absolute Gasteiger partial charge is 0.421 e. The van der Waals surface area contributed by atoms with Crippen molar-refractivity contribution in [3.63, 3.8) is 0 Å². The van der Waals surface area contributed by atoms with Gasteiger partial charge in [-0.3, -0.25) is 14.5 Å². The Morgan fingerprint density at radius 1 is 1.07 bits per heavy atom. The van der Waals surface area contributed by atoms with Crippen LogP contribution in [0.2, 0.25) is 0 Å². The molecule has 5 nitrogen and oxygen atoms in total. The summed E-state index contributed by atoms with van der Waals surface area (Å²) < 4.78 is 39.4. The van der Waals surface area contributed by atoms with Gasteiger partial charge in [0.25, 0.3) is 5.56 Å². The second-order valence-electron chi connectivity index (χ2n) is 6.83. The standard InChI is InChI=1S/C20H22F3N3O2/c21-20(22,23)16-9-6-12-26(19(16)28)14-18(27)24-13-17(25-10-4-5-11-25)15-7-2-1-3-8-15/h1-3,6-9,12,17H,4-5,10-11,13-14H2,(H,24,27). The van der Waals surface area contributed by atoms with Crippen LogP contribution in [0.3, 0.4) is 0 Å². The first-order valence-corrected chi connectivity index (χ1v) is 9.18.